The molecule has 0 radical (unpaired) electrons. The molecule has 0 aliphatic heterocycles. The van der Waals surface area contributed by atoms with E-state index < -0.39 is 11.8 Å². The molecule has 5 heteroatoms. The number of hydrogen-bond donors (Lipinski definition) is 1. The molecule has 2 rings (SSSR count). The van der Waals surface area contributed by atoms with Crippen LogP contribution in [0.2, 0.25) is 0 Å². The molecule has 1 aromatic heterocycles. The Labute approximate surface area is 78.3 Å². The van der Waals surface area contributed by atoms with Crippen LogP contribution < -0.4 is 0 Å². The van der Waals surface area contributed by atoms with Crippen molar-refractivity contribution in [2.24, 2.45) is 0 Å². The standard InChI is InChI=1S/C9H9F3O2/c10-9(11,12)8(13)4-1-2-7-6(8)3-5-14-7/h3,5,13H,1-2,4H2. The second-order valence-corrected chi connectivity index (χ2v) is 3.47. The molecule has 0 spiro atoms. The van der Waals surface area contributed by atoms with Crippen LogP contribution in [0.15, 0.2) is 16.7 Å². The summed E-state index contributed by atoms with van der Waals surface area (Å²) in [6.07, 6.45) is -2.99. The largest absolute Gasteiger partial charge is 0.469 e. The van der Waals surface area contributed by atoms with Gasteiger partial charge >= 0.3 is 6.18 Å². The van der Waals surface area contributed by atoms with E-state index in [2.05, 4.69) is 0 Å². The Kier molecular flexibility index (Phi) is 1.89. The van der Waals surface area contributed by atoms with Gasteiger partial charge < -0.3 is 9.52 Å². The molecule has 78 valence electrons. The first kappa shape index (κ1) is 9.58. The van der Waals surface area contributed by atoms with E-state index >= 15 is 0 Å². The number of halogens is 3. The van der Waals surface area contributed by atoms with E-state index in [0.717, 1.165) is 0 Å². The molecule has 0 fully saturated rings. The van der Waals surface area contributed by atoms with Gasteiger partial charge in [-0.2, -0.15) is 13.2 Å². The van der Waals surface area contributed by atoms with Crippen molar-refractivity contribution in [3.8, 4) is 0 Å². The van der Waals surface area contributed by atoms with Crippen molar-refractivity contribution >= 4 is 0 Å². The number of aliphatic hydroxyl groups is 1. The van der Waals surface area contributed by atoms with Crippen LogP contribution >= 0.6 is 0 Å². The van der Waals surface area contributed by atoms with E-state index in [9.17, 15) is 18.3 Å². The van der Waals surface area contributed by atoms with E-state index in [0.29, 0.717) is 6.42 Å². The number of alkyl halides is 3. The predicted octanol–water partition coefficient (Wildman–Crippen LogP) is 2.37. The Balaban J connectivity index is 2.50. The molecule has 1 atom stereocenters. The molecule has 0 aromatic carbocycles. The zero-order valence-corrected chi connectivity index (χ0v) is 7.27. The Morgan fingerprint density at radius 1 is 1.43 bits per heavy atom. The van der Waals surface area contributed by atoms with E-state index in [1.54, 1.807) is 0 Å². The van der Waals surface area contributed by atoms with E-state index in [-0.39, 0.29) is 24.2 Å². The van der Waals surface area contributed by atoms with Gasteiger partial charge in [-0.25, -0.2) is 0 Å². The monoisotopic (exact) mass is 206 g/mol. The van der Waals surface area contributed by atoms with Crippen LogP contribution in [0.4, 0.5) is 13.2 Å². The zero-order valence-electron chi connectivity index (χ0n) is 7.27. The third kappa shape index (κ3) is 1.15. The first-order valence-electron chi connectivity index (χ1n) is 4.31. The van der Waals surface area contributed by atoms with E-state index in [1.807, 2.05) is 0 Å². The summed E-state index contributed by atoms with van der Waals surface area (Å²) in [7, 11) is 0. The zero-order chi connectivity index (χ0) is 10.4. The lowest BCUT2D eigenvalue weighted by Gasteiger charge is -2.33. The number of rotatable bonds is 0. The summed E-state index contributed by atoms with van der Waals surface area (Å²) in [6, 6.07) is 1.20. The molecule has 0 saturated heterocycles. The Morgan fingerprint density at radius 3 is 2.79 bits per heavy atom. The van der Waals surface area contributed by atoms with Crippen LogP contribution in [0, 0.1) is 0 Å². The van der Waals surface area contributed by atoms with Gasteiger partial charge in [-0.3, -0.25) is 0 Å². The molecular weight excluding hydrogens is 197 g/mol. The van der Waals surface area contributed by atoms with E-state index in [4.69, 9.17) is 4.42 Å². The molecule has 0 saturated carbocycles. The highest BCUT2D eigenvalue weighted by Crippen LogP contribution is 2.46. The van der Waals surface area contributed by atoms with Crippen molar-refractivity contribution < 1.29 is 22.7 Å². The quantitative estimate of drug-likeness (QED) is 0.706. The lowest BCUT2D eigenvalue weighted by molar-refractivity contribution is -0.271. The predicted molar refractivity (Wildman–Crippen MR) is 41.6 cm³/mol. The summed E-state index contributed by atoms with van der Waals surface area (Å²) in [6.45, 7) is 0. The second-order valence-electron chi connectivity index (χ2n) is 3.47. The Hall–Kier alpha value is -0.970. The van der Waals surface area contributed by atoms with Crippen molar-refractivity contribution in [1.82, 2.24) is 0 Å². The summed E-state index contributed by atoms with van der Waals surface area (Å²) >= 11 is 0. The minimum absolute atomic E-state index is 0.128. The van der Waals surface area contributed by atoms with Crippen LogP contribution in [0.1, 0.15) is 24.2 Å². The van der Waals surface area contributed by atoms with Gasteiger partial charge in [0.25, 0.3) is 0 Å². The third-order valence-electron chi connectivity index (χ3n) is 2.60. The summed E-state index contributed by atoms with van der Waals surface area (Å²) < 4.78 is 42.7. The molecule has 1 heterocycles. The van der Waals surface area contributed by atoms with Crippen molar-refractivity contribution in [1.29, 1.82) is 0 Å². The molecular formula is C9H9F3O2. The Morgan fingerprint density at radius 2 is 2.14 bits per heavy atom. The second kappa shape index (κ2) is 2.76. The highest BCUT2D eigenvalue weighted by Gasteiger charge is 2.57. The molecule has 1 aromatic rings. The molecule has 2 nitrogen and oxygen atoms in total. The smallest absolute Gasteiger partial charge is 0.421 e. The normalized spacial score (nSPS) is 27.4. The van der Waals surface area contributed by atoms with Gasteiger partial charge in [0.2, 0.25) is 0 Å². The maximum Gasteiger partial charge on any atom is 0.421 e. The minimum Gasteiger partial charge on any atom is -0.469 e. The molecule has 1 aliphatic rings. The minimum atomic E-state index is -4.63. The topological polar surface area (TPSA) is 33.4 Å². The summed E-state index contributed by atoms with van der Waals surface area (Å²) in [5.41, 5.74) is -2.84. The lowest BCUT2D eigenvalue weighted by Crippen LogP contribution is -2.44. The summed E-state index contributed by atoms with van der Waals surface area (Å²) in [5, 5.41) is 9.56. The first-order valence-corrected chi connectivity index (χ1v) is 4.31. The average Bonchev–Trinajstić information content (AvgIpc) is 2.51. The fraction of sp³-hybridized carbons (Fsp3) is 0.556. The molecule has 1 N–H and O–H groups in total. The summed E-state index contributed by atoms with van der Waals surface area (Å²) in [4.78, 5) is 0. The number of aryl methyl sites for hydroxylation is 1. The maximum atomic E-state index is 12.6. The van der Waals surface area contributed by atoms with Gasteiger partial charge in [-0.1, -0.05) is 0 Å². The summed E-state index contributed by atoms with van der Waals surface area (Å²) in [5.74, 6) is 0.246. The first-order chi connectivity index (χ1) is 6.45. The molecule has 1 aliphatic carbocycles. The Bertz CT molecular complexity index is 342. The number of hydrogen-bond acceptors (Lipinski definition) is 2. The van der Waals surface area contributed by atoms with Crippen LogP contribution in [0.25, 0.3) is 0 Å². The van der Waals surface area contributed by atoms with Crippen molar-refractivity contribution in [2.75, 3.05) is 0 Å². The highest BCUT2D eigenvalue weighted by atomic mass is 19.4. The number of furan rings is 1. The van der Waals surface area contributed by atoms with Crippen LogP contribution in [-0.4, -0.2) is 11.3 Å². The van der Waals surface area contributed by atoms with E-state index in [1.165, 1.54) is 12.3 Å². The lowest BCUT2D eigenvalue weighted by atomic mass is 9.82. The van der Waals surface area contributed by atoms with Gasteiger partial charge in [0.15, 0.2) is 5.60 Å². The fourth-order valence-corrected chi connectivity index (χ4v) is 1.84. The van der Waals surface area contributed by atoms with Gasteiger partial charge in [0, 0.05) is 12.0 Å². The average molecular weight is 206 g/mol. The third-order valence-corrected chi connectivity index (χ3v) is 2.60. The molecule has 14 heavy (non-hydrogen) atoms. The van der Waals surface area contributed by atoms with Crippen molar-refractivity contribution in [3.05, 3.63) is 23.7 Å². The van der Waals surface area contributed by atoms with Gasteiger partial charge in [0.1, 0.15) is 5.76 Å². The highest BCUT2D eigenvalue weighted by molar-refractivity contribution is 5.29. The van der Waals surface area contributed by atoms with Crippen molar-refractivity contribution in [3.63, 3.8) is 0 Å². The molecule has 0 amide bonds. The van der Waals surface area contributed by atoms with Crippen molar-refractivity contribution in [2.45, 2.75) is 31.0 Å². The van der Waals surface area contributed by atoms with Gasteiger partial charge in [-0.05, 0) is 18.9 Å². The van der Waals surface area contributed by atoms with Gasteiger partial charge in [-0.15, -0.1) is 0 Å². The molecule has 0 bridgehead atoms. The van der Waals surface area contributed by atoms with Crippen LogP contribution in [-0.2, 0) is 12.0 Å². The van der Waals surface area contributed by atoms with Crippen LogP contribution in [0.5, 0.6) is 0 Å². The number of fused-ring (bicyclic) bond motifs is 1. The maximum absolute atomic E-state index is 12.6. The molecule has 1 unspecified atom stereocenters. The van der Waals surface area contributed by atoms with Crippen LogP contribution in [0.3, 0.4) is 0 Å². The SMILES string of the molecule is OC1(C(F)(F)F)CCCc2occc21. The van der Waals surface area contributed by atoms with Gasteiger partial charge in [0.05, 0.1) is 6.26 Å². The fourth-order valence-electron chi connectivity index (χ4n) is 1.84.